The summed E-state index contributed by atoms with van der Waals surface area (Å²) in [6.45, 7) is 2.84. The summed E-state index contributed by atoms with van der Waals surface area (Å²) < 4.78 is 1.90. The zero-order chi connectivity index (χ0) is 18.5. The smallest absolute Gasteiger partial charge is 0.233 e. The number of amides is 1. The number of carbonyl (C=O) groups is 1. The number of halogens is 1. The molecule has 0 N–H and O–H groups in total. The number of benzene rings is 1. The summed E-state index contributed by atoms with van der Waals surface area (Å²) in [5.41, 5.74) is 0.847. The van der Waals surface area contributed by atoms with E-state index in [9.17, 15) is 4.79 Å². The first-order valence-corrected chi connectivity index (χ1v) is 10.5. The molecule has 26 heavy (non-hydrogen) atoms. The molecular formula is C19H25ClN4OS. The zero-order valence-corrected chi connectivity index (χ0v) is 16.9. The van der Waals surface area contributed by atoms with Gasteiger partial charge >= 0.3 is 0 Å². The van der Waals surface area contributed by atoms with Crippen molar-refractivity contribution >= 4 is 29.3 Å². The molecule has 5 nitrogen and oxygen atoms in total. The van der Waals surface area contributed by atoms with Crippen LogP contribution in [0.5, 0.6) is 0 Å². The van der Waals surface area contributed by atoms with Crippen molar-refractivity contribution in [2.45, 2.75) is 50.2 Å². The predicted octanol–water partition coefficient (Wildman–Crippen LogP) is 4.41. The third kappa shape index (κ3) is 4.23. The number of carbonyl (C=O) groups excluding carboxylic acids is 1. The van der Waals surface area contributed by atoms with E-state index in [1.54, 1.807) is 0 Å². The predicted molar refractivity (Wildman–Crippen MR) is 106 cm³/mol. The summed E-state index contributed by atoms with van der Waals surface area (Å²) in [7, 11) is 1.91. The lowest BCUT2D eigenvalue weighted by molar-refractivity contribution is -0.131. The van der Waals surface area contributed by atoms with Gasteiger partial charge in [0.2, 0.25) is 5.91 Å². The summed E-state index contributed by atoms with van der Waals surface area (Å²) in [4.78, 5) is 14.8. The van der Waals surface area contributed by atoms with E-state index in [-0.39, 0.29) is 5.91 Å². The lowest BCUT2D eigenvalue weighted by atomic mass is 9.94. The average Bonchev–Trinajstić information content (AvgIpc) is 3.02. The van der Waals surface area contributed by atoms with Gasteiger partial charge in [0.15, 0.2) is 11.0 Å². The van der Waals surface area contributed by atoms with Gasteiger partial charge in [-0.3, -0.25) is 4.79 Å². The highest BCUT2D eigenvalue weighted by atomic mass is 35.5. The Bertz CT molecular complexity index is 758. The van der Waals surface area contributed by atoms with Gasteiger partial charge in [-0.1, -0.05) is 54.8 Å². The van der Waals surface area contributed by atoms with Crippen LogP contribution < -0.4 is 0 Å². The molecule has 3 rings (SSSR count). The van der Waals surface area contributed by atoms with Crippen molar-refractivity contribution in [3.05, 3.63) is 29.3 Å². The number of hydrogen-bond acceptors (Lipinski definition) is 4. The normalized spacial score (nSPS) is 15.2. The molecule has 1 aromatic carbocycles. The molecule has 1 fully saturated rings. The molecule has 1 saturated carbocycles. The minimum atomic E-state index is 0.187. The third-order valence-electron chi connectivity index (χ3n) is 4.95. The average molecular weight is 393 g/mol. The molecular weight excluding hydrogens is 368 g/mol. The Labute approximate surface area is 164 Å². The van der Waals surface area contributed by atoms with Crippen molar-refractivity contribution in [3.63, 3.8) is 0 Å². The van der Waals surface area contributed by atoms with E-state index in [1.165, 1.54) is 31.0 Å². The lowest BCUT2D eigenvalue weighted by Gasteiger charge is -2.33. The number of nitrogens with zero attached hydrogens (tertiary/aromatic N) is 4. The molecule has 0 spiro atoms. The molecule has 0 unspecified atom stereocenters. The standard InChI is InChI=1S/C19H25ClN4OS/c1-3-24(14-9-5-4-6-10-14)17(25)13-26-19-22-21-18(23(19)2)15-11-7-8-12-16(15)20/h7-8,11-12,14H,3-6,9-10,13H2,1-2H3. The van der Waals surface area contributed by atoms with Crippen molar-refractivity contribution < 1.29 is 4.79 Å². The quantitative estimate of drug-likeness (QED) is 0.683. The summed E-state index contributed by atoms with van der Waals surface area (Å²) in [6, 6.07) is 7.98. The van der Waals surface area contributed by atoms with Crippen LogP contribution in [0.4, 0.5) is 0 Å². The van der Waals surface area contributed by atoms with E-state index in [1.807, 2.05) is 40.8 Å². The second-order valence-electron chi connectivity index (χ2n) is 6.61. The van der Waals surface area contributed by atoms with E-state index in [2.05, 4.69) is 17.1 Å². The first-order valence-electron chi connectivity index (χ1n) is 9.18. The summed E-state index contributed by atoms with van der Waals surface area (Å²) in [5.74, 6) is 1.29. The number of aromatic nitrogens is 3. The molecule has 1 heterocycles. The van der Waals surface area contributed by atoms with Crippen LogP contribution in [-0.2, 0) is 11.8 Å². The van der Waals surface area contributed by atoms with Gasteiger partial charge in [0.1, 0.15) is 0 Å². The highest BCUT2D eigenvalue weighted by Crippen LogP contribution is 2.29. The largest absolute Gasteiger partial charge is 0.339 e. The fourth-order valence-electron chi connectivity index (χ4n) is 3.56. The van der Waals surface area contributed by atoms with Crippen LogP contribution in [0, 0.1) is 0 Å². The maximum atomic E-state index is 12.7. The molecule has 0 atom stereocenters. The van der Waals surface area contributed by atoms with Gasteiger partial charge in [0.05, 0.1) is 10.8 Å². The minimum Gasteiger partial charge on any atom is -0.339 e. The summed E-state index contributed by atoms with van der Waals surface area (Å²) in [5, 5.41) is 9.88. The molecule has 0 radical (unpaired) electrons. The van der Waals surface area contributed by atoms with Gasteiger partial charge in [0, 0.05) is 25.2 Å². The van der Waals surface area contributed by atoms with Crippen molar-refractivity contribution in [2.75, 3.05) is 12.3 Å². The van der Waals surface area contributed by atoms with E-state index in [4.69, 9.17) is 11.6 Å². The van der Waals surface area contributed by atoms with Gasteiger partial charge in [0.25, 0.3) is 0 Å². The highest BCUT2D eigenvalue weighted by molar-refractivity contribution is 7.99. The van der Waals surface area contributed by atoms with Crippen LogP contribution in [0.25, 0.3) is 11.4 Å². The van der Waals surface area contributed by atoms with Crippen LogP contribution in [0.2, 0.25) is 5.02 Å². The van der Waals surface area contributed by atoms with Gasteiger partial charge in [-0.2, -0.15) is 0 Å². The molecule has 1 aliphatic carbocycles. The van der Waals surface area contributed by atoms with Crippen molar-refractivity contribution in [2.24, 2.45) is 7.05 Å². The second-order valence-corrected chi connectivity index (χ2v) is 7.96. The third-order valence-corrected chi connectivity index (χ3v) is 6.29. The van der Waals surface area contributed by atoms with Gasteiger partial charge in [-0.05, 0) is 31.9 Å². The Balaban J connectivity index is 1.66. The first kappa shape index (κ1) is 19.2. The monoisotopic (exact) mass is 392 g/mol. The van der Waals surface area contributed by atoms with Gasteiger partial charge in [-0.15, -0.1) is 10.2 Å². The van der Waals surface area contributed by atoms with Crippen LogP contribution in [0.15, 0.2) is 29.4 Å². The molecule has 0 aliphatic heterocycles. The molecule has 0 bridgehead atoms. The first-order chi connectivity index (χ1) is 12.6. The van der Waals surface area contributed by atoms with E-state index in [0.29, 0.717) is 22.6 Å². The van der Waals surface area contributed by atoms with Crippen LogP contribution >= 0.6 is 23.4 Å². The summed E-state index contributed by atoms with van der Waals surface area (Å²) in [6.07, 6.45) is 6.01. The van der Waals surface area contributed by atoms with Gasteiger partial charge < -0.3 is 9.47 Å². The Morgan fingerprint density at radius 1 is 1.27 bits per heavy atom. The molecule has 7 heteroatoms. The molecule has 140 valence electrons. The topological polar surface area (TPSA) is 51.0 Å². The van der Waals surface area contributed by atoms with Crippen molar-refractivity contribution in [1.82, 2.24) is 19.7 Å². The maximum absolute atomic E-state index is 12.7. The Hall–Kier alpha value is -1.53. The van der Waals surface area contributed by atoms with Crippen molar-refractivity contribution in [1.29, 1.82) is 0 Å². The van der Waals surface area contributed by atoms with Crippen LogP contribution in [-0.4, -0.2) is 43.9 Å². The lowest BCUT2D eigenvalue weighted by Crippen LogP contribution is -2.42. The van der Waals surface area contributed by atoms with E-state index in [0.717, 1.165) is 30.1 Å². The van der Waals surface area contributed by atoms with Gasteiger partial charge in [-0.25, -0.2) is 0 Å². The molecule has 1 aliphatic rings. The molecule has 1 amide bonds. The van der Waals surface area contributed by atoms with E-state index >= 15 is 0 Å². The Morgan fingerprint density at radius 2 is 2.00 bits per heavy atom. The summed E-state index contributed by atoms with van der Waals surface area (Å²) >= 11 is 7.70. The highest BCUT2D eigenvalue weighted by Gasteiger charge is 2.24. The minimum absolute atomic E-state index is 0.187. The zero-order valence-electron chi connectivity index (χ0n) is 15.3. The fourth-order valence-corrected chi connectivity index (χ4v) is 4.58. The number of hydrogen-bond donors (Lipinski definition) is 0. The Morgan fingerprint density at radius 3 is 2.69 bits per heavy atom. The maximum Gasteiger partial charge on any atom is 0.233 e. The molecule has 0 saturated heterocycles. The van der Waals surface area contributed by atoms with Crippen molar-refractivity contribution in [3.8, 4) is 11.4 Å². The number of thioether (sulfide) groups is 1. The van der Waals surface area contributed by atoms with E-state index < -0.39 is 0 Å². The molecule has 2 aromatic rings. The number of rotatable bonds is 6. The van der Waals surface area contributed by atoms with Crippen LogP contribution in [0.1, 0.15) is 39.0 Å². The second kappa shape index (κ2) is 8.91. The SMILES string of the molecule is CCN(C(=O)CSc1nnc(-c2ccccc2Cl)n1C)C1CCCCC1. The van der Waals surface area contributed by atoms with Crippen LogP contribution in [0.3, 0.4) is 0 Å². The molecule has 1 aromatic heterocycles. The fraction of sp³-hybridized carbons (Fsp3) is 0.526. The Kier molecular flexibility index (Phi) is 6.59.